The minimum Gasteiger partial charge on any atom is -0.352 e. The fourth-order valence-electron chi connectivity index (χ4n) is 2.84. The molecule has 0 spiro atoms. The lowest BCUT2D eigenvalue weighted by Gasteiger charge is -2.35. The lowest BCUT2D eigenvalue weighted by Crippen LogP contribution is -2.37. The van der Waals surface area contributed by atoms with Gasteiger partial charge in [0.15, 0.2) is 6.23 Å². The molecular formula is C16H14BrN3O. The number of nitrogens with zero attached hydrogens (tertiary/aromatic N) is 3. The van der Waals surface area contributed by atoms with E-state index in [4.69, 9.17) is 9.72 Å². The third kappa shape index (κ3) is 1.96. The van der Waals surface area contributed by atoms with Crippen LogP contribution in [0.5, 0.6) is 0 Å². The van der Waals surface area contributed by atoms with Crippen molar-refractivity contribution in [3.05, 3.63) is 59.1 Å². The van der Waals surface area contributed by atoms with Crippen LogP contribution in [0.3, 0.4) is 0 Å². The van der Waals surface area contributed by atoms with Crippen LogP contribution < -0.4 is 0 Å². The van der Waals surface area contributed by atoms with Crippen molar-refractivity contribution in [3.63, 3.8) is 0 Å². The average molecular weight is 344 g/mol. The molecule has 5 heteroatoms. The van der Waals surface area contributed by atoms with E-state index < -0.39 is 0 Å². The number of imidazole rings is 1. The van der Waals surface area contributed by atoms with E-state index in [1.165, 1.54) is 0 Å². The Morgan fingerprint density at radius 3 is 2.90 bits per heavy atom. The Morgan fingerprint density at radius 1 is 1.29 bits per heavy atom. The van der Waals surface area contributed by atoms with E-state index in [0.29, 0.717) is 6.73 Å². The topological polar surface area (TPSA) is 30.3 Å². The molecule has 0 N–H and O–H groups in total. The molecule has 2 aliphatic rings. The number of benzene rings is 1. The summed E-state index contributed by atoms with van der Waals surface area (Å²) in [5, 5.41) is 0. The van der Waals surface area contributed by atoms with Crippen LogP contribution in [-0.2, 0) is 11.5 Å². The number of fused-ring (bicyclic) bond motifs is 3. The molecule has 106 valence electrons. The van der Waals surface area contributed by atoms with Crippen molar-refractivity contribution < 1.29 is 4.74 Å². The largest absolute Gasteiger partial charge is 0.352 e. The summed E-state index contributed by atoms with van der Waals surface area (Å²) in [6, 6.07) is 10.3. The molecule has 1 unspecified atom stereocenters. The predicted molar refractivity (Wildman–Crippen MR) is 85.1 cm³/mol. The summed E-state index contributed by atoms with van der Waals surface area (Å²) in [5.41, 5.74) is 3.28. The van der Waals surface area contributed by atoms with E-state index in [9.17, 15) is 0 Å². The van der Waals surface area contributed by atoms with Gasteiger partial charge < -0.3 is 9.64 Å². The van der Waals surface area contributed by atoms with E-state index in [0.717, 1.165) is 27.3 Å². The SMILES string of the molecule is CN1C=CC=C2c3nc(Br)c(-c4ccccc4)n3COC21. The first kappa shape index (κ1) is 12.9. The first-order valence-corrected chi connectivity index (χ1v) is 7.59. The smallest absolute Gasteiger partial charge is 0.161 e. The lowest BCUT2D eigenvalue weighted by molar-refractivity contribution is -0.0353. The summed E-state index contributed by atoms with van der Waals surface area (Å²) in [7, 11) is 2.01. The van der Waals surface area contributed by atoms with Crippen molar-refractivity contribution >= 4 is 21.5 Å². The molecule has 21 heavy (non-hydrogen) atoms. The van der Waals surface area contributed by atoms with Crippen LogP contribution in [0.4, 0.5) is 0 Å². The van der Waals surface area contributed by atoms with Gasteiger partial charge in [0.1, 0.15) is 17.2 Å². The predicted octanol–water partition coefficient (Wildman–Crippen LogP) is 3.47. The monoisotopic (exact) mass is 343 g/mol. The highest BCUT2D eigenvalue weighted by Gasteiger charge is 2.32. The van der Waals surface area contributed by atoms with Gasteiger partial charge in [0, 0.05) is 24.4 Å². The maximum atomic E-state index is 6.00. The lowest BCUT2D eigenvalue weighted by atomic mass is 10.1. The van der Waals surface area contributed by atoms with Gasteiger partial charge in [0.05, 0.1) is 5.69 Å². The molecule has 0 saturated carbocycles. The van der Waals surface area contributed by atoms with E-state index in [1.807, 2.05) is 37.5 Å². The molecule has 2 aromatic rings. The highest BCUT2D eigenvalue weighted by atomic mass is 79.9. The zero-order valence-electron chi connectivity index (χ0n) is 11.5. The third-order valence-electron chi connectivity index (χ3n) is 3.82. The van der Waals surface area contributed by atoms with Gasteiger partial charge in [0.2, 0.25) is 0 Å². The molecule has 3 heterocycles. The Labute approximate surface area is 131 Å². The number of ether oxygens (including phenoxy) is 1. The molecular weight excluding hydrogens is 330 g/mol. The number of allylic oxidation sites excluding steroid dienone is 2. The summed E-state index contributed by atoms with van der Waals surface area (Å²) in [5.74, 6) is 0.966. The normalized spacial score (nSPS) is 20.0. The molecule has 0 saturated heterocycles. The van der Waals surface area contributed by atoms with Gasteiger partial charge in [-0.15, -0.1) is 0 Å². The van der Waals surface area contributed by atoms with Gasteiger partial charge in [0.25, 0.3) is 0 Å². The molecule has 0 fully saturated rings. The molecule has 0 aliphatic carbocycles. The number of likely N-dealkylation sites (N-methyl/N-ethyl adjacent to an activating group) is 1. The van der Waals surface area contributed by atoms with Crippen LogP contribution in [0.25, 0.3) is 16.8 Å². The van der Waals surface area contributed by atoms with Gasteiger partial charge in [-0.3, -0.25) is 4.57 Å². The maximum Gasteiger partial charge on any atom is 0.161 e. The van der Waals surface area contributed by atoms with Crippen molar-refractivity contribution in [2.45, 2.75) is 13.0 Å². The van der Waals surface area contributed by atoms with Gasteiger partial charge in [-0.2, -0.15) is 0 Å². The van der Waals surface area contributed by atoms with E-state index in [2.05, 4.69) is 43.6 Å². The molecule has 1 aromatic carbocycles. The summed E-state index contributed by atoms with van der Waals surface area (Å²) >= 11 is 3.60. The molecule has 1 atom stereocenters. The Bertz CT molecular complexity index is 748. The van der Waals surface area contributed by atoms with Gasteiger partial charge in [-0.1, -0.05) is 30.3 Å². The average Bonchev–Trinajstić information content (AvgIpc) is 2.85. The van der Waals surface area contributed by atoms with E-state index >= 15 is 0 Å². The van der Waals surface area contributed by atoms with Crippen molar-refractivity contribution in [2.24, 2.45) is 0 Å². The second-order valence-electron chi connectivity index (χ2n) is 5.15. The molecule has 0 bridgehead atoms. The summed E-state index contributed by atoms with van der Waals surface area (Å²) in [6.07, 6.45) is 6.06. The van der Waals surface area contributed by atoms with Crippen LogP contribution in [0, 0.1) is 0 Å². The number of rotatable bonds is 1. The van der Waals surface area contributed by atoms with Crippen molar-refractivity contribution in [1.29, 1.82) is 0 Å². The molecule has 4 rings (SSSR count). The van der Waals surface area contributed by atoms with Crippen molar-refractivity contribution in [2.75, 3.05) is 7.05 Å². The maximum absolute atomic E-state index is 6.00. The molecule has 0 radical (unpaired) electrons. The Hall–Kier alpha value is -1.85. The molecule has 0 amide bonds. The first-order chi connectivity index (χ1) is 10.3. The third-order valence-corrected chi connectivity index (χ3v) is 4.38. The Kier molecular flexibility index (Phi) is 2.97. The summed E-state index contributed by atoms with van der Waals surface area (Å²) in [4.78, 5) is 6.78. The van der Waals surface area contributed by atoms with Gasteiger partial charge in [-0.25, -0.2) is 4.98 Å². The Balaban J connectivity index is 1.89. The Morgan fingerprint density at radius 2 is 2.10 bits per heavy atom. The quantitative estimate of drug-likeness (QED) is 0.794. The summed E-state index contributed by atoms with van der Waals surface area (Å²) < 4.78 is 8.98. The summed E-state index contributed by atoms with van der Waals surface area (Å²) in [6.45, 7) is 0.498. The second kappa shape index (κ2) is 4.86. The van der Waals surface area contributed by atoms with Crippen molar-refractivity contribution in [1.82, 2.24) is 14.5 Å². The van der Waals surface area contributed by atoms with E-state index in [1.54, 1.807) is 0 Å². The zero-order chi connectivity index (χ0) is 14.4. The van der Waals surface area contributed by atoms with E-state index in [-0.39, 0.29) is 6.23 Å². The standard InChI is InChI=1S/C16H14BrN3O/c1-19-9-5-8-12-15-18-14(17)13(11-6-3-2-4-7-11)20(15)10-21-16(12)19/h2-9,16H,10H2,1H3. The molecule has 2 aliphatic heterocycles. The van der Waals surface area contributed by atoms with Crippen molar-refractivity contribution in [3.8, 4) is 11.3 Å². The van der Waals surface area contributed by atoms with Gasteiger partial charge >= 0.3 is 0 Å². The van der Waals surface area contributed by atoms with Crippen LogP contribution in [0.15, 0.2) is 53.3 Å². The second-order valence-corrected chi connectivity index (χ2v) is 5.90. The van der Waals surface area contributed by atoms with Crippen LogP contribution in [0.1, 0.15) is 5.82 Å². The highest BCUT2D eigenvalue weighted by Crippen LogP contribution is 2.37. The minimum absolute atomic E-state index is 0.0552. The van der Waals surface area contributed by atoms with Gasteiger partial charge in [-0.05, 0) is 28.1 Å². The number of hydrogen-bond acceptors (Lipinski definition) is 3. The van der Waals surface area contributed by atoms with Crippen LogP contribution in [-0.4, -0.2) is 27.7 Å². The first-order valence-electron chi connectivity index (χ1n) is 6.79. The number of aromatic nitrogens is 2. The minimum atomic E-state index is -0.0552. The molecule has 1 aromatic heterocycles. The van der Waals surface area contributed by atoms with Crippen LogP contribution in [0.2, 0.25) is 0 Å². The number of hydrogen-bond donors (Lipinski definition) is 0. The molecule has 4 nitrogen and oxygen atoms in total. The fraction of sp³-hybridized carbons (Fsp3) is 0.188. The van der Waals surface area contributed by atoms with Crippen LogP contribution >= 0.6 is 15.9 Å². The zero-order valence-corrected chi connectivity index (χ0v) is 13.1. The highest BCUT2D eigenvalue weighted by molar-refractivity contribution is 9.10. The fourth-order valence-corrected chi connectivity index (χ4v) is 3.45. The number of halogens is 1.